The fourth-order valence-corrected chi connectivity index (χ4v) is 5.40. The second-order valence-corrected chi connectivity index (χ2v) is 9.02. The standard InChI is InChI=1S/C23H19F4N5O2S/c1-11(2)32-21(35)31(14-6-16(23(25,26)27)18(9-28)30-10-14)20(34)22(32)7-12-4-15(19(33)29-3)17(24)5-13(12)8-22/h4-6,10-11H,7-8H2,1-3H3,(H,29,33)/t22-/m1/s1. The average Bonchev–Trinajstić information content (AvgIpc) is 3.25. The number of fused-ring (bicyclic) bond motifs is 1. The molecule has 1 N–H and O–H groups in total. The number of carbonyl (C=O) groups excluding carboxylic acids is 2. The summed E-state index contributed by atoms with van der Waals surface area (Å²) in [6.07, 6.45) is -3.74. The first-order valence-corrected chi connectivity index (χ1v) is 10.9. The molecule has 12 heteroatoms. The number of carbonyl (C=O) groups is 2. The molecule has 1 saturated heterocycles. The van der Waals surface area contributed by atoms with Crippen molar-refractivity contribution in [3.63, 3.8) is 0 Å². The molecule has 2 heterocycles. The van der Waals surface area contributed by atoms with Gasteiger partial charge in [-0.05, 0) is 55.4 Å². The first-order chi connectivity index (χ1) is 16.4. The molecular weight excluding hydrogens is 486 g/mol. The molecule has 182 valence electrons. The van der Waals surface area contributed by atoms with E-state index in [2.05, 4.69) is 10.3 Å². The zero-order valence-corrected chi connectivity index (χ0v) is 19.6. The number of hydrogen-bond donors (Lipinski definition) is 1. The van der Waals surface area contributed by atoms with Gasteiger partial charge in [-0.2, -0.15) is 18.4 Å². The van der Waals surface area contributed by atoms with Crippen LogP contribution in [0, 0.1) is 17.1 Å². The number of aromatic nitrogens is 1. The van der Waals surface area contributed by atoms with Gasteiger partial charge in [-0.3, -0.25) is 14.5 Å². The number of alkyl halides is 3. The van der Waals surface area contributed by atoms with Crippen molar-refractivity contribution in [2.45, 2.75) is 44.4 Å². The molecule has 2 amide bonds. The number of anilines is 1. The number of rotatable bonds is 3. The van der Waals surface area contributed by atoms with Crippen LogP contribution in [0.2, 0.25) is 0 Å². The predicted octanol–water partition coefficient (Wildman–Crippen LogP) is 3.35. The van der Waals surface area contributed by atoms with E-state index in [0.717, 1.165) is 11.1 Å². The molecule has 1 atom stereocenters. The van der Waals surface area contributed by atoms with Crippen LogP contribution in [0.25, 0.3) is 0 Å². The van der Waals surface area contributed by atoms with Gasteiger partial charge in [0.15, 0.2) is 10.8 Å². The Morgan fingerprint density at radius 3 is 2.43 bits per heavy atom. The normalized spacial score (nSPS) is 19.5. The molecular formula is C23H19F4N5O2S. The maximum Gasteiger partial charge on any atom is 0.419 e. The molecule has 1 aliphatic heterocycles. The van der Waals surface area contributed by atoms with Crippen LogP contribution in [0.3, 0.4) is 0 Å². The molecule has 1 aromatic heterocycles. The lowest BCUT2D eigenvalue weighted by molar-refractivity contribution is -0.138. The monoisotopic (exact) mass is 505 g/mol. The highest BCUT2D eigenvalue weighted by atomic mass is 32.1. The lowest BCUT2D eigenvalue weighted by Gasteiger charge is -2.36. The van der Waals surface area contributed by atoms with Crippen LogP contribution in [0.15, 0.2) is 24.4 Å². The highest BCUT2D eigenvalue weighted by Gasteiger charge is 2.59. The highest BCUT2D eigenvalue weighted by molar-refractivity contribution is 7.80. The lowest BCUT2D eigenvalue weighted by Crippen LogP contribution is -2.53. The summed E-state index contributed by atoms with van der Waals surface area (Å²) >= 11 is 5.55. The minimum absolute atomic E-state index is 0.0237. The van der Waals surface area contributed by atoms with E-state index in [1.807, 2.05) is 0 Å². The van der Waals surface area contributed by atoms with Crippen LogP contribution in [0.4, 0.5) is 23.2 Å². The summed E-state index contributed by atoms with van der Waals surface area (Å²) in [6, 6.07) is 4.35. The van der Waals surface area contributed by atoms with Crippen molar-refractivity contribution in [3.05, 3.63) is 58.2 Å². The van der Waals surface area contributed by atoms with Crippen molar-refractivity contribution in [1.82, 2.24) is 15.2 Å². The molecule has 7 nitrogen and oxygen atoms in total. The van der Waals surface area contributed by atoms with Gasteiger partial charge in [0.1, 0.15) is 17.4 Å². The Balaban J connectivity index is 1.82. The number of nitrogens with zero attached hydrogens (tertiary/aromatic N) is 4. The van der Waals surface area contributed by atoms with Crippen molar-refractivity contribution in [2.75, 3.05) is 11.9 Å². The lowest BCUT2D eigenvalue weighted by atomic mass is 9.92. The molecule has 0 saturated carbocycles. The topological polar surface area (TPSA) is 89.3 Å². The van der Waals surface area contributed by atoms with E-state index in [-0.39, 0.29) is 35.2 Å². The molecule has 0 radical (unpaired) electrons. The molecule has 1 aliphatic carbocycles. The minimum atomic E-state index is -4.87. The van der Waals surface area contributed by atoms with E-state index in [1.165, 1.54) is 25.2 Å². The first kappa shape index (κ1) is 24.5. The number of hydrogen-bond acceptors (Lipinski definition) is 5. The van der Waals surface area contributed by atoms with Gasteiger partial charge >= 0.3 is 6.18 Å². The molecule has 4 rings (SSSR count). The number of nitriles is 1. The van der Waals surface area contributed by atoms with E-state index in [4.69, 9.17) is 17.5 Å². The van der Waals surface area contributed by atoms with E-state index in [0.29, 0.717) is 17.2 Å². The van der Waals surface area contributed by atoms with Crippen molar-refractivity contribution < 1.29 is 27.2 Å². The van der Waals surface area contributed by atoms with Gasteiger partial charge in [0.05, 0.1) is 23.0 Å². The Bertz CT molecular complexity index is 1320. The van der Waals surface area contributed by atoms with Crippen LogP contribution in [0.5, 0.6) is 0 Å². The summed E-state index contributed by atoms with van der Waals surface area (Å²) in [4.78, 5) is 32.1. The number of halogens is 4. The van der Waals surface area contributed by atoms with Gasteiger partial charge in [0, 0.05) is 25.9 Å². The average molecular weight is 505 g/mol. The second-order valence-electron chi connectivity index (χ2n) is 8.65. The summed E-state index contributed by atoms with van der Waals surface area (Å²) in [5.41, 5.74) is -2.72. The third-order valence-electron chi connectivity index (χ3n) is 6.25. The molecule has 2 aromatic rings. The zero-order valence-electron chi connectivity index (χ0n) is 18.8. The largest absolute Gasteiger partial charge is 0.419 e. The summed E-state index contributed by atoms with van der Waals surface area (Å²) in [7, 11) is 1.37. The van der Waals surface area contributed by atoms with E-state index in [9.17, 15) is 27.2 Å². The second kappa shape index (κ2) is 8.27. The van der Waals surface area contributed by atoms with E-state index < -0.39 is 40.6 Å². The van der Waals surface area contributed by atoms with Crippen molar-refractivity contribution >= 4 is 34.8 Å². The Morgan fingerprint density at radius 2 is 1.89 bits per heavy atom. The first-order valence-electron chi connectivity index (χ1n) is 10.5. The Morgan fingerprint density at radius 1 is 1.26 bits per heavy atom. The van der Waals surface area contributed by atoms with Crippen molar-refractivity contribution in [1.29, 1.82) is 5.26 Å². The summed E-state index contributed by atoms with van der Waals surface area (Å²) in [5.74, 6) is -1.95. The minimum Gasteiger partial charge on any atom is -0.355 e. The van der Waals surface area contributed by atoms with Crippen LogP contribution >= 0.6 is 12.2 Å². The van der Waals surface area contributed by atoms with Gasteiger partial charge < -0.3 is 10.2 Å². The number of nitrogens with one attached hydrogen (secondary N) is 1. The predicted molar refractivity (Wildman–Crippen MR) is 121 cm³/mol. The van der Waals surface area contributed by atoms with Gasteiger partial charge in [-0.15, -0.1) is 0 Å². The molecule has 1 fully saturated rings. The molecule has 1 aromatic carbocycles. The van der Waals surface area contributed by atoms with Gasteiger partial charge in [0.2, 0.25) is 0 Å². The Kier molecular flexibility index (Phi) is 5.79. The Labute approximate surface area is 203 Å². The van der Waals surface area contributed by atoms with Gasteiger partial charge in [-0.1, -0.05) is 0 Å². The maximum atomic E-state index is 14.6. The SMILES string of the molecule is CNC(=O)c1cc2c(cc1F)C[C@]1(C2)C(=O)N(c2cnc(C#N)c(C(F)(F)F)c2)C(=S)N1C(C)C. The smallest absolute Gasteiger partial charge is 0.355 e. The summed E-state index contributed by atoms with van der Waals surface area (Å²) in [5, 5.41) is 11.4. The molecule has 0 unspecified atom stereocenters. The number of pyridine rings is 1. The third-order valence-corrected chi connectivity index (χ3v) is 6.62. The van der Waals surface area contributed by atoms with Crippen LogP contribution in [-0.2, 0) is 23.8 Å². The highest BCUT2D eigenvalue weighted by Crippen LogP contribution is 2.45. The fraction of sp³-hybridized carbons (Fsp3) is 0.348. The fourth-order valence-electron chi connectivity index (χ4n) is 4.82. The number of benzene rings is 1. The molecule has 1 spiro atoms. The number of thiocarbonyl (C=S) groups is 1. The molecule has 2 aliphatic rings. The van der Waals surface area contributed by atoms with Crippen LogP contribution < -0.4 is 10.2 Å². The Hall–Kier alpha value is -3.59. The quantitative estimate of drug-likeness (QED) is 0.509. The summed E-state index contributed by atoms with van der Waals surface area (Å²) in [6.45, 7) is 3.56. The number of amides is 2. The third kappa shape index (κ3) is 3.70. The van der Waals surface area contributed by atoms with Crippen molar-refractivity contribution in [2.24, 2.45) is 0 Å². The maximum absolute atomic E-state index is 14.6. The van der Waals surface area contributed by atoms with Crippen molar-refractivity contribution in [3.8, 4) is 6.07 Å². The van der Waals surface area contributed by atoms with Gasteiger partial charge in [-0.25, -0.2) is 9.37 Å². The van der Waals surface area contributed by atoms with Crippen LogP contribution in [0.1, 0.15) is 46.6 Å². The summed E-state index contributed by atoms with van der Waals surface area (Å²) < 4.78 is 55.2. The molecule has 35 heavy (non-hydrogen) atoms. The van der Waals surface area contributed by atoms with E-state index in [1.54, 1.807) is 18.7 Å². The van der Waals surface area contributed by atoms with Crippen LogP contribution in [-0.4, -0.2) is 45.4 Å². The van der Waals surface area contributed by atoms with E-state index >= 15 is 0 Å². The van der Waals surface area contributed by atoms with Gasteiger partial charge in [0.25, 0.3) is 11.8 Å². The molecule has 0 bridgehead atoms. The zero-order chi connectivity index (χ0) is 25.9.